The van der Waals surface area contributed by atoms with E-state index in [1.807, 2.05) is 0 Å². The largest absolute Gasteiger partial charge is 0.301 e. The van der Waals surface area contributed by atoms with Crippen LogP contribution < -0.4 is 0 Å². The highest BCUT2D eigenvalue weighted by atomic mass is 15.1. The summed E-state index contributed by atoms with van der Waals surface area (Å²) in [6.45, 7) is 9.42. The van der Waals surface area contributed by atoms with Gasteiger partial charge in [0.25, 0.3) is 0 Å². The van der Waals surface area contributed by atoms with Crippen LogP contribution in [0.1, 0.15) is 46.5 Å². The summed E-state index contributed by atoms with van der Waals surface area (Å²) in [5.74, 6) is 0.962. The maximum absolute atomic E-state index is 2.62. The fourth-order valence-corrected chi connectivity index (χ4v) is 2.47. The van der Waals surface area contributed by atoms with Gasteiger partial charge in [0.05, 0.1) is 0 Å². The molecule has 1 fully saturated rings. The number of nitrogens with zero attached hydrogens (tertiary/aromatic N) is 1. The SMILES string of the molecule is CCN(CC)[C@H]1CCC[C@@H](C)C1. The first-order valence-electron chi connectivity index (χ1n) is 5.52. The van der Waals surface area contributed by atoms with Gasteiger partial charge in [-0.3, -0.25) is 0 Å². The third-order valence-corrected chi connectivity index (χ3v) is 3.24. The monoisotopic (exact) mass is 169 g/mol. The molecule has 0 aliphatic heterocycles. The Hall–Kier alpha value is -0.0400. The summed E-state index contributed by atoms with van der Waals surface area (Å²) in [6.07, 6.45) is 5.77. The molecule has 1 heteroatoms. The molecule has 2 atom stereocenters. The lowest BCUT2D eigenvalue weighted by atomic mass is 9.86. The summed E-state index contributed by atoms with van der Waals surface area (Å²) in [4.78, 5) is 2.62. The third-order valence-electron chi connectivity index (χ3n) is 3.24. The molecule has 0 amide bonds. The van der Waals surface area contributed by atoms with Gasteiger partial charge < -0.3 is 4.90 Å². The molecule has 0 heterocycles. The Morgan fingerprint density at radius 3 is 2.33 bits per heavy atom. The molecule has 72 valence electrons. The normalized spacial score (nSPS) is 31.0. The van der Waals surface area contributed by atoms with E-state index in [2.05, 4.69) is 25.7 Å². The van der Waals surface area contributed by atoms with E-state index in [0.29, 0.717) is 0 Å². The van der Waals surface area contributed by atoms with Crippen molar-refractivity contribution in [2.24, 2.45) is 5.92 Å². The Morgan fingerprint density at radius 1 is 1.17 bits per heavy atom. The summed E-state index contributed by atoms with van der Waals surface area (Å²) < 4.78 is 0. The molecule has 1 rings (SSSR count). The van der Waals surface area contributed by atoms with Crippen LogP contribution in [-0.4, -0.2) is 24.0 Å². The molecule has 1 aliphatic rings. The molecule has 0 aromatic heterocycles. The minimum Gasteiger partial charge on any atom is -0.301 e. The van der Waals surface area contributed by atoms with Gasteiger partial charge in [0.15, 0.2) is 0 Å². The minimum absolute atomic E-state index is 0.892. The van der Waals surface area contributed by atoms with Gasteiger partial charge in [0.1, 0.15) is 0 Å². The lowest BCUT2D eigenvalue weighted by Gasteiger charge is -2.35. The van der Waals surface area contributed by atoms with Crippen molar-refractivity contribution in [3.63, 3.8) is 0 Å². The highest BCUT2D eigenvalue weighted by molar-refractivity contribution is 4.77. The summed E-state index contributed by atoms with van der Waals surface area (Å²) in [5, 5.41) is 0. The van der Waals surface area contributed by atoms with Gasteiger partial charge in [-0.05, 0) is 31.8 Å². The first kappa shape index (κ1) is 10.0. The molecular weight excluding hydrogens is 146 g/mol. The van der Waals surface area contributed by atoms with E-state index in [9.17, 15) is 0 Å². The molecule has 0 radical (unpaired) electrons. The predicted molar refractivity (Wildman–Crippen MR) is 54.3 cm³/mol. The quantitative estimate of drug-likeness (QED) is 0.628. The molecule has 0 saturated heterocycles. The zero-order valence-corrected chi connectivity index (χ0v) is 8.84. The molecule has 1 aliphatic carbocycles. The van der Waals surface area contributed by atoms with Crippen LogP contribution in [0.5, 0.6) is 0 Å². The standard InChI is InChI=1S/C11H23N/c1-4-12(5-2)11-8-6-7-10(3)9-11/h10-11H,4-9H2,1-3H3/t10-,11+/m1/s1. The molecule has 1 nitrogen and oxygen atoms in total. The third kappa shape index (κ3) is 2.48. The average molecular weight is 169 g/mol. The summed E-state index contributed by atoms with van der Waals surface area (Å²) in [5.41, 5.74) is 0. The van der Waals surface area contributed by atoms with Crippen LogP contribution in [0.15, 0.2) is 0 Å². The van der Waals surface area contributed by atoms with Crippen LogP contribution >= 0.6 is 0 Å². The molecule has 1 saturated carbocycles. The average Bonchev–Trinajstić information content (AvgIpc) is 2.07. The molecule has 0 spiro atoms. The molecule has 12 heavy (non-hydrogen) atoms. The van der Waals surface area contributed by atoms with Gasteiger partial charge >= 0.3 is 0 Å². The molecular formula is C11H23N. The van der Waals surface area contributed by atoms with Crippen molar-refractivity contribution in [3.05, 3.63) is 0 Å². The van der Waals surface area contributed by atoms with Crippen LogP contribution in [0.2, 0.25) is 0 Å². The van der Waals surface area contributed by atoms with Gasteiger partial charge in [0, 0.05) is 6.04 Å². The van der Waals surface area contributed by atoms with Crippen molar-refractivity contribution >= 4 is 0 Å². The number of hydrogen-bond donors (Lipinski definition) is 0. The summed E-state index contributed by atoms with van der Waals surface area (Å²) in [6, 6.07) is 0.892. The van der Waals surface area contributed by atoms with E-state index >= 15 is 0 Å². The summed E-state index contributed by atoms with van der Waals surface area (Å²) >= 11 is 0. The lowest BCUT2D eigenvalue weighted by molar-refractivity contribution is 0.147. The minimum atomic E-state index is 0.892. The number of rotatable bonds is 3. The fourth-order valence-electron chi connectivity index (χ4n) is 2.47. The first-order valence-corrected chi connectivity index (χ1v) is 5.52. The van der Waals surface area contributed by atoms with Crippen molar-refractivity contribution in [2.45, 2.75) is 52.5 Å². The van der Waals surface area contributed by atoms with Crippen LogP contribution in [0.3, 0.4) is 0 Å². The molecule has 0 N–H and O–H groups in total. The highest BCUT2D eigenvalue weighted by Crippen LogP contribution is 2.26. The first-order chi connectivity index (χ1) is 5.77. The van der Waals surface area contributed by atoms with E-state index in [0.717, 1.165) is 12.0 Å². The van der Waals surface area contributed by atoms with Gasteiger partial charge in [-0.15, -0.1) is 0 Å². The maximum atomic E-state index is 2.62. The predicted octanol–water partition coefficient (Wildman–Crippen LogP) is 2.91. The van der Waals surface area contributed by atoms with E-state index in [4.69, 9.17) is 0 Å². The Kier molecular flexibility index (Phi) is 4.07. The van der Waals surface area contributed by atoms with Crippen molar-refractivity contribution in [2.75, 3.05) is 13.1 Å². The Balaban J connectivity index is 2.38. The fraction of sp³-hybridized carbons (Fsp3) is 1.00. The van der Waals surface area contributed by atoms with Gasteiger partial charge in [-0.25, -0.2) is 0 Å². The van der Waals surface area contributed by atoms with E-state index in [1.165, 1.54) is 38.8 Å². The Morgan fingerprint density at radius 2 is 1.83 bits per heavy atom. The van der Waals surface area contributed by atoms with Crippen molar-refractivity contribution in [3.8, 4) is 0 Å². The van der Waals surface area contributed by atoms with Crippen LogP contribution in [-0.2, 0) is 0 Å². The van der Waals surface area contributed by atoms with E-state index < -0.39 is 0 Å². The summed E-state index contributed by atoms with van der Waals surface area (Å²) in [7, 11) is 0. The van der Waals surface area contributed by atoms with E-state index in [1.54, 1.807) is 0 Å². The molecule has 0 bridgehead atoms. The molecule has 0 aromatic rings. The lowest BCUT2D eigenvalue weighted by Crippen LogP contribution is -2.38. The van der Waals surface area contributed by atoms with E-state index in [-0.39, 0.29) is 0 Å². The van der Waals surface area contributed by atoms with Gasteiger partial charge in [-0.2, -0.15) is 0 Å². The van der Waals surface area contributed by atoms with Gasteiger partial charge in [-0.1, -0.05) is 33.6 Å². The Labute approximate surface area is 77.1 Å². The van der Waals surface area contributed by atoms with Crippen molar-refractivity contribution < 1.29 is 0 Å². The second-order valence-corrected chi connectivity index (χ2v) is 4.15. The zero-order valence-electron chi connectivity index (χ0n) is 8.84. The van der Waals surface area contributed by atoms with Crippen LogP contribution in [0.4, 0.5) is 0 Å². The van der Waals surface area contributed by atoms with Crippen molar-refractivity contribution in [1.29, 1.82) is 0 Å². The second kappa shape index (κ2) is 4.86. The number of hydrogen-bond acceptors (Lipinski definition) is 1. The second-order valence-electron chi connectivity index (χ2n) is 4.15. The van der Waals surface area contributed by atoms with Gasteiger partial charge in [0.2, 0.25) is 0 Å². The van der Waals surface area contributed by atoms with Crippen LogP contribution in [0, 0.1) is 5.92 Å². The Bertz CT molecular complexity index is 118. The maximum Gasteiger partial charge on any atom is 0.00975 e. The van der Waals surface area contributed by atoms with Crippen LogP contribution in [0.25, 0.3) is 0 Å². The topological polar surface area (TPSA) is 3.24 Å². The highest BCUT2D eigenvalue weighted by Gasteiger charge is 2.22. The molecule has 0 aromatic carbocycles. The zero-order chi connectivity index (χ0) is 8.97. The smallest absolute Gasteiger partial charge is 0.00975 e. The van der Waals surface area contributed by atoms with Crippen molar-refractivity contribution in [1.82, 2.24) is 4.90 Å². The molecule has 0 unspecified atom stereocenters.